The third kappa shape index (κ3) is 2.54. The van der Waals surface area contributed by atoms with Crippen molar-refractivity contribution in [2.24, 2.45) is 4.99 Å². The quantitative estimate of drug-likeness (QED) is 0.736. The van der Waals surface area contributed by atoms with Gasteiger partial charge in [-0.05, 0) is 0 Å². The number of nitrogens with zero attached hydrogens (tertiary/aromatic N) is 4. The van der Waals surface area contributed by atoms with E-state index in [-0.39, 0.29) is 12.4 Å². The van der Waals surface area contributed by atoms with Crippen molar-refractivity contribution < 1.29 is 25.2 Å². The Morgan fingerprint density at radius 2 is 2.08 bits per heavy atom. The van der Waals surface area contributed by atoms with E-state index in [1.54, 1.807) is 17.8 Å². The molecule has 0 fully saturated rings. The molecular weight excluding hydrogens is 371 g/mol. The fourth-order valence-electron chi connectivity index (χ4n) is 3.50. The zero-order valence-corrected chi connectivity index (χ0v) is 15.1. The van der Waals surface area contributed by atoms with Gasteiger partial charge in [-0.3, -0.25) is 0 Å². The number of halogens is 1. The Balaban J connectivity index is 2.02. The van der Waals surface area contributed by atoms with Gasteiger partial charge in [0.1, 0.15) is 0 Å². The summed E-state index contributed by atoms with van der Waals surface area (Å²) in [6.07, 6.45) is 2.94. The van der Waals surface area contributed by atoms with Crippen molar-refractivity contribution in [1.29, 1.82) is 0 Å². The van der Waals surface area contributed by atoms with E-state index in [0.717, 1.165) is 16.7 Å². The number of hydrogen-bond donors (Lipinski definition) is 1. The van der Waals surface area contributed by atoms with Crippen LogP contribution in [0.2, 0.25) is 0 Å². The fraction of sp³-hybridized carbons (Fsp3) is 0.158. The van der Waals surface area contributed by atoms with Crippen LogP contribution in [0.15, 0.2) is 54.0 Å². The number of rotatable bonds is 2. The van der Waals surface area contributed by atoms with Crippen LogP contribution in [-0.4, -0.2) is 32.6 Å². The Hall–Kier alpha value is -2.55. The molecule has 0 bridgehead atoms. The molecule has 1 aromatic heterocycles. The normalized spacial score (nSPS) is 19.7. The maximum absolute atomic E-state index is 14.0. The molecule has 26 heavy (non-hydrogen) atoms. The van der Waals surface area contributed by atoms with E-state index in [1.807, 2.05) is 18.2 Å². The van der Waals surface area contributed by atoms with Crippen molar-refractivity contribution in [2.75, 3.05) is 7.05 Å². The van der Waals surface area contributed by atoms with Crippen molar-refractivity contribution in [3.63, 3.8) is 0 Å². The summed E-state index contributed by atoms with van der Waals surface area (Å²) < 4.78 is 18.5. The summed E-state index contributed by atoms with van der Waals surface area (Å²) in [6, 6.07) is 10.0. The van der Waals surface area contributed by atoms with Gasteiger partial charge in [-0.1, -0.05) is 0 Å². The SMILES string of the molecule is CN=C1c2ccc([C]#[Cr])cc2-c2cc(F)ccc2C1(O)Cn1cncn1. The molecule has 0 amide bonds. The standard InChI is InChI=1S/C19H14FN4O.Cr/c1-12-3-5-14-15(7-12)16-8-13(20)4-6-17(16)19(25,18(14)21-2)9-24-11-22-10-23-24;/h3-8,10-11,25H,9H2,2H3;. The molecule has 0 spiro atoms. The van der Waals surface area contributed by atoms with Crippen LogP contribution in [0, 0.1) is 10.5 Å². The third-order valence-electron chi connectivity index (χ3n) is 4.58. The van der Waals surface area contributed by atoms with Gasteiger partial charge >= 0.3 is 157 Å². The molecule has 1 N–H and O–H groups in total. The summed E-state index contributed by atoms with van der Waals surface area (Å²) in [5, 5.41) is 15.8. The Morgan fingerprint density at radius 1 is 1.23 bits per heavy atom. The molecule has 2 aromatic carbocycles. The third-order valence-corrected chi connectivity index (χ3v) is 4.95. The van der Waals surface area contributed by atoms with Gasteiger partial charge in [0.05, 0.1) is 0 Å². The van der Waals surface area contributed by atoms with Gasteiger partial charge in [0.25, 0.3) is 0 Å². The molecule has 4 rings (SSSR count). The Morgan fingerprint density at radius 3 is 2.77 bits per heavy atom. The van der Waals surface area contributed by atoms with Crippen LogP contribution in [0.1, 0.15) is 16.7 Å². The Labute approximate surface area is 157 Å². The van der Waals surface area contributed by atoms with E-state index in [9.17, 15) is 9.50 Å². The summed E-state index contributed by atoms with van der Waals surface area (Å²) in [5.41, 5.74) is 2.68. The molecule has 0 aliphatic heterocycles. The first-order valence-electron chi connectivity index (χ1n) is 7.92. The van der Waals surface area contributed by atoms with E-state index < -0.39 is 5.60 Å². The first-order valence-corrected chi connectivity index (χ1v) is 8.55. The topological polar surface area (TPSA) is 63.3 Å². The van der Waals surface area contributed by atoms with Gasteiger partial charge in [-0.25, -0.2) is 0 Å². The summed E-state index contributed by atoms with van der Waals surface area (Å²) in [6.45, 7) is 0.124. The molecule has 1 aliphatic carbocycles. The van der Waals surface area contributed by atoms with Crippen molar-refractivity contribution in [1.82, 2.24) is 14.8 Å². The first kappa shape index (κ1) is 16.9. The van der Waals surface area contributed by atoms with E-state index in [0.29, 0.717) is 16.8 Å². The van der Waals surface area contributed by atoms with E-state index in [4.69, 9.17) is 0 Å². The second kappa shape index (κ2) is 6.31. The number of benzene rings is 2. The monoisotopic (exact) mass is 385 g/mol. The minimum atomic E-state index is -1.45. The molecule has 1 atom stereocenters. The van der Waals surface area contributed by atoms with Crippen LogP contribution in [-0.2, 0) is 27.8 Å². The Bertz CT molecular complexity index is 1070. The predicted octanol–water partition coefficient (Wildman–Crippen LogP) is 2.26. The Kier molecular flexibility index (Phi) is 4.10. The van der Waals surface area contributed by atoms with Crippen molar-refractivity contribution >= 4 is 5.71 Å². The molecule has 1 aliphatic rings. The number of hydrogen-bond acceptors (Lipinski definition) is 4. The van der Waals surface area contributed by atoms with Crippen LogP contribution in [0.4, 0.5) is 4.39 Å². The fourth-order valence-corrected chi connectivity index (χ4v) is 3.70. The molecule has 1 heterocycles. The zero-order valence-electron chi connectivity index (χ0n) is 13.8. The van der Waals surface area contributed by atoms with Crippen LogP contribution in [0.25, 0.3) is 11.1 Å². The molecule has 5 nitrogen and oxygen atoms in total. The minimum absolute atomic E-state index is 0.124. The molecule has 0 saturated carbocycles. The molecule has 1 unspecified atom stereocenters. The molecule has 0 radical (unpaired) electrons. The van der Waals surface area contributed by atoms with Gasteiger partial charge in [0.15, 0.2) is 0 Å². The average molecular weight is 385 g/mol. The second-order valence-electron chi connectivity index (χ2n) is 6.08. The van der Waals surface area contributed by atoms with Crippen LogP contribution in [0.3, 0.4) is 0 Å². The summed E-state index contributed by atoms with van der Waals surface area (Å²) in [4.78, 5) is 8.32. The predicted molar refractivity (Wildman–Crippen MR) is 91.2 cm³/mol. The summed E-state index contributed by atoms with van der Waals surface area (Å²) in [5.74, 6) is -0.365. The molecule has 0 saturated heterocycles. The van der Waals surface area contributed by atoms with Crippen LogP contribution < -0.4 is 0 Å². The summed E-state index contributed by atoms with van der Waals surface area (Å²) >= 11 is 2.75. The van der Waals surface area contributed by atoms with Crippen molar-refractivity contribution in [3.05, 3.63) is 71.6 Å². The van der Waals surface area contributed by atoms with E-state index in [1.165, 1.54) is 24.8 Å². The molecule has 7 heteroatoms. The number of aromatic nitrogens is 3. The van der Waals surface area contributed by atoms with Crippen LogP contribution in [0.5, 0.6) is 0 Å². The first-order chi connectivity index (χ1) is 12.6. The van der Waals surface area contributed by atoms with Gasteiger partial charge in [-0.2, -0.15) is 0 Å². The average Bonchev–Trinajstić information content (AvgIpc) is 3.14. The van der Waals surface area contributed by atoms with Crippen LogP contribution >= 0.6 is 0 Å². The zero-order chi connectivity index (χ0) is 18.3. The molecule has 129 valence electrons. The van der Waals surface area contributed by atoms with E-state index >= 15 is 0 Å². The number of aliphatic hydroxyl groups is 1. The van der Waals surface area contributed by atoms with Gasteiger partial charge in [-0.15, -0.1) is 0 Å². The van der Waals surface area contributed by atoms with Crippen molar-refractivity contribution in [3.8, 4) is 15.8 Å². The number of fused-ring (bicyclic) bond motifs is 3. The molecular formula is C19H14CrFN4O. The summed E-state index contributed by atoms with van der Waals surface area (Å²) in [7, 11) is 1.64. The van der Waals surface area contributed by atoms with E-state index in [2.05, 4.69) is 35.4 Å². The maximum atomic E-state index is 14.0. The second-order valence-corrected chi connectivity index (χ2v) is 6.40. The molecule has 3 aromatic rings. The van der Waals surface area contributed by atoms with Crippen molar-refractivity contribution in [2.45, 2.75) is 12.1 Å². The van der Waals surface area contributed by atoms with Gasteiger partial charge in [0, 0.05) is 0 Å². The van der Waals surface area contributed by atoms with Gasteiger partial charge < -0.3 is 0 Å². The van der Waals surface area contributed by atoms with Gasteiger partial charge in [0.2, 0.25) is 0 Å². The number of aliphatic imine (C=N–C) groups is 1.